The summed E-state index contributed by atoms with van der Waals surface area (Å²) < 4.78 is 0. The molecular formula is C17H26N2O. The first kappa shape index (κ1) is 15.0. The molecule has 0 spiro atoms. The molecule has 1 fully saturated rings. The van der Waals surface area contributed by atoms with Crippen LogP contribution in [-0.2, 0) is 10.2 Å². The van der Waals surface area contributed by atoms with Crippen LogP contribution >= 0.6 is 0 Å². The van der Waals surface area contributed by atoms with Crippen LogP contribution < -0.4 is 5.73 Å². The minimum atomic E-state index is -0.382. The summed E-state index contributed by atoms with van der Waals surface area (Å²) in [4.78, 5) is 15.0. The number of hydrogen-bond donors (Lipinski definition) is 1. The molecule has 2 atom stereocenters. The summed E-state index contributed by atoms with van der Waals surface area (Å²) in [5.41, 5.74) is 7.91. The molecule has 1 aromatic rings. The van der Waals surface area contributed by atoms with Crippen LogP contribution in [0.2, 0.25) is 0 Å². The number of nitrogens with zero attached hydrogens (tertiary/aromatic N) is 1. The van der Waals surface area contributed by atoms with Gasteiger partial charge in [0.25, 0.3) is 0 Å². The zero-order valence-corrected chi connectivity index (χ0v) is 12.9. The standard InChI is InChI=1S/C17H26N2O/c1-4-19(5-2)16(20)17(10-9-15(17)12-18)14-8-6-7-13(3)11-14/h6-8,11,15H,4-5,9-10,12,18H2,1-3H3/t15-,17+/m0/s1. The van der Waals surface area contributed by atoms with Crippen molar-refractivity contribution in [3.63, 3.8) is 0 Å². The lowest BCUT2D eigenvalue weighted by molar-refractivity contribution is -0.144. The van der Waals surface area contributed by atoms with Crippen molar-refractivity contribution in [1.29, 1.82) is 0 Å². The van der Waals surface area contributed by atoms with Crippen molar-refractivity contribution >= 4 is 5.91 Å². The Morgan fingerprint density at radius 3 is 2.55 bits per heavy atom. The maximum absolute atomic E-state index is 13.1. The van der Waals surface area contributed by atoms with Crippen molar-refractivity contribution in [3.8, 4) is 0 Å². The van der Waals surface area contributed by atoms with Crippen LogP contribution in [0.25, 0.3) is 0 Å². The van der Waals surface area contributed by atoms with Gasteiger partial charge in [-0.15, -0.1) is 0 Å². The number of carbonyl (C=O) groups is 1. The van der Waals surface area contributed by atoms with E-state index >= 15 is 0 Å². The van der Waals surface area contributed by atoms with E-state index < -0.39 is 0 Å². The van der Waals surface area contributed by atoms with E-state index in [-0.39, 0.29) is 17.2 Å². The largest absolute Gasteiger partial charge is 0.342 e. The molecule has 0 bridgehead atoms. The molecule has 0 aliphatic heterocycles. The van der Waals surface area contributed by atoms with E-state index in [1.165, 1.54) is 5.56 Å². The summed E-state index contributed by atoms with van der Waals surface area (Å²) in [5.74, 6) is 0.534. The Labute approximate surface area is 122 Å². The van der Waals surface area contributed by atoms with Gasteiger partial charge < -0.3 is 10.6 Å². The molecule has 0 aromatic heterocycles. The van der Waals surface area contributed by atoms with Gasteiger partial charge in [-0.25, -0.2) is 0 Å². The van der Waals surface area contributed by atoms with Crippen molar-refractivity contribution in [2.75, 3.05) is 19.6 Å². The van der Waals surface area contributed by atoms with Gasteiger partial charge in [0.2, 0.25) is 5.91 Å². The highest BCUT2D eigenvalue weighted by Crippen LogP contribution is 2.49. The minimum absolute atomic E-state index is 0.259. The van der Waals surface area contributed by atoms with Gasteiger partial charge >= 0.3 is 0 Å². The second-order valence-corrected chi connectivity index (χ2v) is 5.79. The van der Waals surface area contributed by atoms with Gasteiger partial charge in [0, 0.05) is 13.1 Å². The Morgan fingerprint density at radius 1 is 1.40 bits per heavy atom. The maximum atomic E-state index is 13.1. The maximum Gasteiger partial charge on any atom is 0.233 e. The highest BCUT2D eigenvalue weighted by Gasteiger charge is 2.54. The highest BCUT2D eigenvalue weighted by atomic mass is 16.2. The molecule has 1 aliphatic carbocycles. The summed E-state index contributed by atoms with van der Waals surface area (Å²) in [5, 5.41) is 0. The van der Waals surface area contributed by atoms with Crippen LogP contribution in [0.4, 0.5) is 0 Å². The molecule has 0 heterocycles. The molecule has 1 amide bonds. The van der Waals surface area contributed by atoms with E-state index in [2.05, 4.69) is 25.1 Å². The van der Waals surface area contributed by atoms with Crippen LogP contribution in [0.15, 0.2) is 24.3 Å². The van der Waals surface area contributed by atoms with Gasteiger partial charge in [-0.1, -0.05) is 29.8 Å². The van der Waals surface area contributed by atoms with Crippen molar-refractivity contribution in [3.05, 3.63) is 35.4 Å². The Balaban J connectivity index is 2.44. The summed E-state index contributed by atoms with van der Waals surface area (Å²) in [6.45, 7) is 8.28. The number of nitrogens with two attached hydrogens (primary N) is 1. The molecule has 0 radical (unpaired) electrons. The average molecular weight is 274 g/mol. The molecule has 1 saturated carbocycles. The zero-order chi connectivity index (χ0) is 14.8. The molecule has 1 aliphatic rings. The summed E-state index contributed by atoms with van der Waals surface area (Å²) in [7, 11) is 0. The molecule has 0 saturated heterocycles. The van der Waals surface area contributed by atoms with Gasteiger partial charge in [0.05, 0.1) is 5.41 Å². The number of carbonyl (C=O) groups excluding carboxylic acids is 1. The normalized spacial score (nSPS) is 25.1. The predicted molar refractivity (Wildman–Crippen MR) is 82.6 cm³/mol. The van der Waals surface area contributed by atoms with Gasteiger partial charge in [-0.2, -0.15) is 0 Å². The first-order chi connectivity index (χ1) is 9.59. The van der Waals surface area contributed by atoms with Crippen molar-refractivity contribution in [2.45, 2.75) is 39.0 Å². The molecule has 3 nitrogen and oxygen atoms in total. The molecule has 0 unspecified atom stereocenters. The number of benzene rings is 1. The van der Waals surface area contributed by atoms with Crippen LogP contribution in [0.5, 0.6) is 0 Å². The Bertz CT molecular complexity index is 480. The van der Waals surface area contributed by atoms with Crippen LogP contribution in [0.3, 0.4) is 0 Å². The minimum Gasteiger partial charge on any atom is -0.342 e. The number of amides is 1. The van der Waals surface area contributed by atoms with E-state index in [0.29, 0.717) is 6.54 Å². The summed E-state index contributed by atoms with van der Waals surface area (Å²) in [6.07, 6.45) is 1.98. The fraction of sp³-hybridized carbons (Fsp3) is 0.588. The van der Waals surface area contributed by atoms with E-state index in [4.69, 9.17) is 5.73 Å². The van der Waals surface area contributed by atoms with Gasteiger partial charge in [-0.3, -0.25) is 4.79 Å². The monoisotopic (exact) mass is 274 g/mol. The van der Waals surface area contributed by atoms with Gasteiger partial charge in [0.1, 0.15) is 0 Å². The topological polar surface area (TPSA) is 46.3 Å². The van der Waals surface area contributed by atoms with Crippen LogP contribution in [0, 0.1) is 12.8 Å². The third-order valence-corrected chi connectivity index (χ3v) is 4.83. The van der Waals surface area contributed by atoms with Gasteiger partial charge in [-0.05, 0) is 51.6 Å². The van der Waals surface area contributed by atoms with Crippen molar-refractivity contribution in [1.82, 2.24) is 4.90 Å². The van der Waals surface area contributed by atoms with E-state index in [1.54, 1.807) is 0 Å². The second-order valence-electron chi connectivity index (χ2n) is 5.79. The summed E-state index contributed by atoms with van der Waals surface area (Å²) >= 11 is 0. The third kappa shape index (κ3) is 2.24. The molecule has 2 N–H and O–H groups in total. The Hall–Kier alpha value is -1.35. The van der Waals surface area contributed by atoms with E-state index in [1.807, 2.05) is 24.8 Å². The van der Waals surface area contributed by atoms with Crippen molar-refractivity contribution in [2.24, 2.45) is 11.7 Å². The lowest BCUT2D eigenvalue weighted by atomic mass is 9.55. The lowest BCUT2D eigenvalue weighted by Crippen LogP contribution is -2.58. The average Bonchev–Trinajstić information content (AvgIpc) is 2.40. The fourth-order valence-corrected chi connectivity index (χ4v) is 3.46. The Morgan fingerprint density at radius 2 is 2.10 bits per heavy atom. The van der Waals surface area contributed by atoms with Gasteiger partial charge in [0.15, 0.2) is 0 Å². The zero-order valence-electron chi connectivity index (χ0n) is 12.9. The summed E-state index contributed by atoms with van der Waals surface area (Å²) in [6, 6.07) is 8.38. The number of aryl methyl sites for hydroxylation is 1. The molecule has 110 valence electrons. The Kier molecular flexibility index (Phi) is 4.48. The second kappa shape index (κ2) is 5.96. The number of likely N-dealkylation sites (N-methyl/N-ethyl adjacent to an activating group) is 1. The molecule has 3 heteroatoms. The van der Waals surface area contributed by atoms with Crippen LogP contribution in [0.1, 0.15) is 37.8 Å². The van der Waals surface area contributed by atoms with Crippen LogP contribution in [-0.4, -0.2) is 30.4 Å². The molecular weight excluding hydrogens is 248 g/mol. The third-order valence-electron chi connectivity index (χ3n) is 4.83. The quantitative estimate of drug-likeness (QED) is 0.896. The fourth-order valence-electron chi connectivity index (χ4n) is 3.46. The SMILES string of the molecule is CCN(CC)C(=O)[C@@]1(c2cccc(C)c2)CC[C@H]1CN. The van der Waals surface area contributed by atoms with E-state index in [9.17, 15) is 4.79 Å². The first-order valence-electron chi connectivity index (χ1n) is 7.66. The molecule has 2 rings (SSSR count). The molecule has 1 aromatic carbocycles. The lowest BCUT2D eigenvalue weighted by Gasteiger charge is -2.50. The predicted octanol–water partition coefficient (Wildman–Crippen LogP) is 2.47. The smallest absolute Gasteiger partial charge is 0.233 e. The number of rotatable bonds is 5. The number of hydrogen-bond acceptors (Lipinski definition) is 2. The van der Waals surface area contributed by atoms with E-state index in [0.717, 1.165) is 31.5 Å². The highest BCUT2D eigenvalue weighted by molar-refractivity contribution is 5.90. The molecule has 20 heavy (non-hydrogen) atoms. The first-order valence-corrected chi connectivity index (χ1v) is 7.66. The van der Waals surface area contributed by atoms with Crippen molar-refractivity contribution < 1.29 is 4.79 Å².